The first-order chi connectivity index (χ1) is 9.01. The second-order valence-electron chi connectivity index (χ2n) is 4.34. The number of Topliss-reactive ketones (excluding diaryl/α,β-unsaturated/α-hetero) is 1. The number of halogens is 1. The van der Waals surface area contributed by atoms with Crippen LogP contribution < -0.4 is 0 Å². The van der Waals surface area contributed by atoms with E-state index in [0.717, 1.165) is 0 Å². The Labute approximate surface area is 115 Å². The zero-order chi connectivity index (χ0) is 13.6. The molecule has 0 bridgehead atoms. The van der Waals surface area contributed by atoms with Crippen molar-refractivity contribution in [2.24, 2.45) is 0 Å². The van der Waals surface area contributed by atoms with Gasteiger partial charge in [-0.2, -0.15) is 0 Å². The lowest BCUT2D eigenvalue weighted by atomic mass is 10.0. The van der Waals surface area contributed by atoms with Crippen molar-refractivity contribution in [3.05, 3.63) is 64.7 Å². The maximum Gasteiger partial charge on any atom is 0.193 e. The van der Waals surface area contributed by atoms with Crippen molar-refractivity contribution >= 4 is 27.2 Å². The number of rotatable bonds is 1. The summed E-state index contributed by atoms with van der Waals surface area (Å²) in [6.45, 7) is 0. The fourth-order valence-corrected chi connectivity index (χ4v) is 4.38. The number of hydrogen-bond acceptors (Lipinski definition) is 3. The second kappa shape index (κ2) is 4.18. The minimum atomic E-state index is -3.67. The smallest absolute Gasteiger partial charge is 0.193 e. The molecule has 0 radical (unpaired) electrons. The third-order valence-corrected chi connectivity index (χ3v) is 5.48. The lowest BCUT2D eigenvalue weighted by Crippen LogP contribution is -2.13. The van der Waals surface area contributed by atoms with Crippen molar-refractivity contribution in [2.75, 3.05) is 0 Å². The highest BCUT2D eigenvalue weighted by Crippen LogP contribution is 2.41. The quantitative estimate of drug-likeness (QED) is 0.812. The topological polar surface area (TPSA) is 51.2 Å². The van der Waals surface area contributed by atoms with Gasteiger partial charge in [0.05, 0.1) is 4.90 Å². The molecule has 3 nitrogen and oxygen atoms in total. The predicted molar refractivity (Wildman–Crippen MR) is 72.2 cm³/mol. The molecular formula is C14H9ClO3S. The summed E-state index contributed by atoms with van der Waals surface area (Å²) in [5.74, 6) is -0.413. The molecule has 2 aromatic carbocycles. The van der Waals surface area contributed by atoms with Gasteiger partial charge in [-0.25, -0.2) is 8.42 Å². The molecule has 1 aliphatic heterocycles. The molecule has 0 spiro atoms. The number of fused-ring (bicyclic) bond motifs is 1. The van der Waals surface area contributed by atoms with Gasteiger partial charge in [-0.05, 0) is 23.8 Å². The number of sulfone groups is 1. The number of hydrogen-bond donors (Lipinski definition) is 0. The highest BCUT2D eigenvalue weighted by Gasteiger charge is 2.45. The van der Waals surface area contributed by atoms with Crippen molar-refractivity contribution < 1.29 is 13.2 Å². The van der Waals surface area contributed by atoms with E-state index in [0.29, 0.717) is 10.6 Å². The van der Waals surface area contributed by atoms with Gasteiger partial charge in [0.2, 0.25) is 0 Å². The van der Waals surface area contributed by atoms with E-state index in [1.54, 1.807) is 30.3 Å². The molecule has 1 heterocycles. The van der Waals surface area contributed by atoms with E-state index >= 15 is 0 Å². The first-order valence-electron chi connectivity index (χ1n) is 5.64. The fraction of sp³-hybridized carbons (Fsp3) is 0.0714. The lowest BCUT2D eigenvalue weighted by molar-refractivity contribution is 0.0990. The van der Waals surface area contributed by atoms with Gasteiger partial charge in [0.15, 0.2) is 20.9 Å². The molecule has 1 unspecified atom stereocenters. The molecule has 0 N–H and O–H groups in total. The molecule has 96 valence electrons. The van der Waals surface area contributed by atoms with Gasteiger partial charge in [0.1, 0.15) is 0 Å². The molecule has 19 heavy (non-hydrogen) atoms. The van der Waals surface area contributed by atoms with Crippen molar-refractivity contribution in [3.8, 4) is 0 Å². The molecule has 0 fully saturated rings. The Bertz CT molecular complexity index is 767. The van der Waals surface area contributed by atoms with E-state index in [2.05, 4.69) is 0 Å². The van der Waals surface area contributed by atoms with E-state index in [-0.39, 0.29) is 10.5 Å². The zero-order valence-electron chi connectivity index (χ0n) is 9.71. The maximum absolute atomic E-state index is 12.4. The molecule has 0 aliphatic carbocycles. The molecular weight excluding hydrogens is 284 g/mol. The highest BCUT2D eigenvalue weighted by molar-refractivity contribution is 7.93. The van der Waals surface area contributed by atoms with Crippen LogP contribution in [0.3, 0.4) is 0 Å². The molecule has 3 rings (SSSR count). The Balaban J connectivity index is 2.25. The van der Waals surface area contributed by atoms with Crippen LogP contribution in [0.25, 0.3) is 0 Å². The van der Waals surface area contributed by atoms with E-state index in [9.17, 15) is 13.2 Å². The Morgan fingerprint density at radius 3 is 2.37 bits per heavy atom. The summed E-state index contributed by atoms with van der Waals surface area (Å²) in [6.07, 6.45) is 0. The molecule has 2 aromatic rings. The van der Waals surface area contributed by atoms with Gasteiger partial charge in [-0.1, -0.05) is 41.9 Å². The van der Waals surface area contributed by atoms with Crippen LogP contribution in [-0.2, 0) is 9.84 Å². The molecule has 0 saturated heterocycles. The first kappa shape index (κ1) is 12.4. The largest absolute Gasteiger partial charge is 0.292 e. The van der Waals surface area contributed by atoms with Crippen LogP contribution in [0.1, 0.15) is 21.2 Å². The Morgan fingerprint density at radius 1 is 1.00 bits per heavy atom. The minimum absolute atomic E-state index is 0.0655. The van der Waals surface area contributed by atoms with E-state index in [4.69, 9.17) is 11.6 Å². The summed E-state index contributed by atoms with van der Waals surface area (Å²) in [5, 5.41) is -0.793. The number of ketones is 1. The molecule has 1 atom stereocenters. The maximum atomic E-state index is 12.4. The third-order valence-electron chi connectivity index (χ3n) is 3.16. The summed E-state index contributed by atoms with van der Waals surface area (Å²) >= 11 is 5.83. The summed E-state index contributed by atoms with van der Waals surface area (Å²) in [6, 6.07) is 12.8. The van der Waals surface area contributed by atoms with Gasteiger partial charge >= 0.3 is 0 Å². The minimum Gasteiger partial charge on any atom is -0.292 e. The van der Waals surface area contributed by atoms with Gasteiger partial charge in [-0.15, -0.1) is 0 Å². The lowest BCUT2D eigenvalue weighted by Gasteiger charge is -2.07. The summed E-state index contributed by atoms with van der Waals surface area (Å²) < 4.78 is 24.9. The number of benzene rings is 2. The Morgan fingerprint density at radius 2 is 1.68 bits per heavy atom. The average Bonchev–Trinajstić information content (AvgIpc) is 2.58. The molecule has 1 aliphatic rings. The standard InChI is InChI=1S/C14H9ClO3S/c15-10-6-7-12-11(8-10)13(16)14(19(12,17)18)9-4-2-1-3-5-9/h1-8,14H. The van der Waals surface area contributed by atoms with Gasteiger partial charge in [0, 0.05) is 10.6 Å². The van der Waals surface area contributed by atoms with Crippen LogP contribution in [0.4, 0.5) is 0 Å². The normalized spacial score (nSPS) is 20.3. The van der Waals surface area contributed by atoms with Crippen LogP contribution in [0.2, 0.25) is 5.02 Å². The number of carbonyl (C=O) groups is 1. The van der Waals surface area contributed by atoms with Gasteiger partial charge in [-0.3, -0.25) is 4.79 Å². The molecule has 5 heteroatoms. The van der Waals surface area contributed by atoms with E-state index in [1.807, 2.05) is 0 Å². The van der Waals surface area contributed by atoms with Crippen molar-refractivity contribution in [3.63, 3.8) is 0 Å². The summed E-state index contributed by atoms with van der Waals surface area (Å²) in [7, 11) is -3.67. The summed E-state index contributed by atoms with van der Waals surface area (Å²) in [5.41, 5.74) is 0.668. The highest BCUT2D eigenvalue weighted by atomic mass is 35.5. The fourth-order valence-electron chi connectivity index (χ4n) is 2.31. The first-order valence-corrected chi connectivity index (χ1v) is 7.57. The van der Waals surface area contributed by atoms with E-state index < -0.39 is 20.9 Å². The molecule has 0 saturated carbocycles. The van der Waals surface area contributed by atoms with Crippen molar-refractivity contribution in [1.29, 1.82) is 0 Å². The Hall–Kier alpha value is -1.65. The van der Waals surface area contributed by atoms with E-state index in [1.165, 1.54) is 18.2 Å². The Kier molecular flexibility index (Phi) is 2.73. The third kappa shape index (κ3) is 1.79. The SMILES string of the molecule is O=C1c2cc(Cl)ccc2S(=O)(=O)C1c1ccccc1. The predicted octanol–water partition coefficient (Wildman–Crippen LogP) is 3.05. The van der Waals surface area contributed by atoms with Gasteiger partial charge in [0.25, 0.3) is 0 Å². The molecule has 0 aromatic heterocycles. The van der Waals surface area contributed by atoms with Crippen molar-refractivity contribution in [2.45, 2.75) is 10.1 Å². The van der Waals surface area contributed by atoms with Crippen LogP contribution >= 0.6 is 11.6 Å². The number of carbonyl (C=O) groups excluding carboxylic acids is 1. The summed E-state index contributed by atoms with van der Waals surface area (Å²) in [4.78, 5) is 12.4. The second-order valence-corrected chi connectivity index (χ2v) is 6.78. The zero-order valence-corrected chi connectivity index (χ0v) is 11.3. The van der Waals surface area contributed by atoms with Crippen LogP contribution in [0, 0.1) is 0 Å². The van der Waals surface area contributed by atoms with Crippen molar-refractivity contribution in [1.82, 2.24) is 0 Å². The van der Waals surface area contributed by atoms with Crippen LogP contribution in [0.5, 0.6) is 0 Å². The average molecular weight is 293 g/mol. The van der Waals surface area contributed by atoms with Crippen LogP contribution in [-0.4, -0.2) is 14.2 Å². The van der Waals surface area contributed by atoms with Crippen LogP contribution in [0.15, 0.2) is 53.4 Å². The monoisotopic (exact) mass is 292 g/mol. The van der Waals surface area contributed by atoms with Gasteiger partial charge < -0.3 is 0 Å². The molecule has 0 amide bonds.